The number of H-pyrrole nitrogens is 1. The number of carbonyl (C=O) groups excluding carboxylic acids is 2. The van der Waals surface area contributed by atoms with Crippen molar-refractivity contribution in [2.75, 3.05) is 0 Å². The average molecular weight is 329 g/mol. The molecule has 2 amide bonds. The van der Waals surface area contributed by atoms with Crippen molar-refractivity contribution in [3.05, 3.63) is 59.4 Å². The summed E-state index contributed by atoms with van der Waals surface area (Å²) in [6, 6.07) is 11.0. The summed E-state index contributed by atoms with van der Waals surface area (Å²) in [4.78, 5) is 23.4. The summed E-state index contributed by atoms with van der Waals surface area (Å²) in [6.45, 7) is 1.78. The summed E-state index contributed by atoms with van der Waals surface area (Å²) >= 11 is 4.91. The highest BCUT2D eigenvalue weighted by Crippen LogP contribution is 2.00. The van der Waals surface area contributed by atoms with E-state index in [0.29, 0.717) is 0 Å². The van der Waals surface area contributed by atoms with Gasteiger partial charge in [0.2, 0.25) is 5.91 Å². The first-order valence-corrected chi connectivity index (χ1v) is 7.12. The summed E-state index contributed by atoms with van der Waals surface area (Å²) in [7, 11) is 0. The van der Waals surface area contributed by atoms with Crippen LogP contribution in [0.4, 0.5) is 0 Å². The Kier molecular flexibility index (Phi) is 5.59. The first-order valence-electron chi connectivity index (χ1n) is 6.71. The van der Waals surface area contributed by atoms with Gasteiger partial charge in [-0.05, 0) is 36.8 Å². The molecule has 23 heavy (non-hydrogen) atoms. The fourth-order valence-corrected chi connectivity index (χ4v) is 1.78. The number of nitrogens with zero attached hydrogens (tertiary/aromatic N) is 1. The molecule has 0 radical (unpaired) electrons. The molecule has 0 unspecified atom stereocenters. The van der Waals surface area contributed by atoms with Crippen LogP contribution in [0.15, 0.2) is 42.5 Å². The molecule has 0 aliphatic carbocycles. The zero-order valence-corrected chi connectivity index (χ0v) is 13.1. The molecule has 118 valence electrons. The number of amides is 2. The number of aromatic amines is 1. The highest BCUT2D eigenvalue weighted by molar-refractivity contribution is 7.80. The summed E-state index contributed by atoms with van der Waals surface area (Å²) in [5.74, 6) is -0.873. The van der Waals surface area contributed by atoms with Crippen LogP contribution in [0.5, 0.6) is 0 Å². The Morgan fingerprint density at radius 2 is 1.96 bits per heavy atom. The number of benzene rings is 1. The minimum absolute atomic E-state index is 0.0201. The van der Waals surface area contributed by atoms with Gasteiger partial charge in [0.05, 0.1) is 0 Å². The first kappa shape index (κ1) is 16.4. The van der Waals surface area contributed by atoms with E-state index < -0.39 is 11.8 Å². The molecule has 0 spiro atoms. The van der Waals surface area contributed by atoms with Gasteiger partial charge in [-0.2, -0.15) is 5.10 Å². The predicted octanol–water partition coefficient (Wildman–Crippen LogP) is 1.07. The van der Waals surface area contributed by atoms with E-state index in [2.05, 4.69) is 26.4 Å². The topological polar surface area (TPSA) is 98.9 Å². The molecule has 0 aliphatic heterocycles. The van der Waals surface area contributed by atoms with E-state index in [1.54, 1.807) is 19.1 Å². The fourth-order valence-electron chi connectivity index (χ4n) is 1.63. The predicted molar refractivity (Wildman–Crippen MR) is 90.1 cm³/mol. The summed E-state index contributed by atoms with van der Waals surface area (Å²) < 4.78 is 0. The Balaban J connectivity index is 1.77. The van der Waals surface area contributed by atoms with E-state index in [1.165, 1.54) is 6.08 Å². The smallest absolute Gasteiger partial charge is 0.290 e. The van der Waals surface area contributed by atoms with Gasteiger partial charge in [0.25, 0.3) is 5.91 Å². The number of hydrogen-bond acceptors (Lipinski definition) is 4. The maximum Gasteiger partial charge on any atom is 0.290 e. The third kappa shape index (κ3) is 5.36. The number of rotatable bonds is 3. The number of hydrazine groups is 1. The lowest BCUT2D eigenvalue weighted by Gasteiger charge is -2.08. The van der Waals surface area contributed by atoms with Crippen molar-refractivity contribution in [3.8, 4) is 0 Å². The summed E-state index contributed by atoms with van der Waals surface area (Å²) in [5.41, 5.74) is 6.64. The number of hydrogen-bond donors (Lipinski definition) is 4. The van der Waals surface area contributed by atoms with Crippen molar-refractivity contribution in [2.24, 2.45) is 0 Å². The standard InChI is InChI=1S/C15H15N5O2S/c1-10-9-12(18-17-10)14(22)19-20-15(23)16-13(21)8-7-11-5-3-2-4-6-11/h2-9H,1H3,(H,17,18)(H,19,22)(H2,16,20,21,23). The molecule has 8 heteroatoms. The Morgan fingerprint density at radius 1 is 1.22 bits per heavy atom. The van der Waals surface area contributed by atoms with Crippen LogP contribution in [0.25, 0.3) is 6.08 Å². The molecule has 4 N–H and O–H groups in total. The Hall–Kier alpha value is -3.00. The Morgan fingerprint density at radius 3 is 2.61 bits per heavy atom. The number of aryl methyl sites for hydroxylation is 1. The second-order valence-electron chi connectivity index (χ2n) is 4.58. The lowest BCUT2D eigenvalue weighted by molar-refractivity contribution is -0.115. The molecular formula is C15H15N5O2S. The molecule has 7 nitrogen and oxygen atoms in total. The number of carbonyl (C=O) groups is 2. The van der Waals surface area contributed by atoms with E-state index in [0.717, 1.165) is 11.3 Å². The van der Waals surface area contributed by atoms with Crippen molar-refractivity contribution in [1.29, 1.82) is 0 Å². The highest BCUT2D eigenvalue weighted by Gasteiger charge is 2.09. The maximum absolute atomic E-state index is 11.7. The van der Waals surface area contributed by atoms with Gasteiger partial charge in [-0.25, -0.2) is 0 Å². The van der Waals surface area contributed by atoms with Crippen LogP contribution in [0.1, 0.15) is 21.7 Å². The van der Waals surface area contributed by atoms with Crippen molar-refractivity contribution in [3.63, 3.8) is 0 Å². The second kappa shape index (κ2) is 7.85. The molecule has 0 saturated heterocycles. The molecule has 0 bridgehead atoms. The van der Waals surface area contributed by atoms with E-state index >= 15 is 0 Å². The van der Waals surface area contributed by atoms with Gasteiger partial charge in [-0.15, -0.1) is 0 Å². The second-order valence-corrected chi connectivity index (χ2v) is 4.99. The van der Waals surface area contributed by atoms with Crippen LogP contribution in [0.2, 0.25) is 0 Å². The van der Waals surface area contributed by atoms with E-state index in [1.807, 2.05) is 30.3 Å². The molecule has 0 saturated carbocycles. The minimum Gasteiger partial charge on any atom is -0.298 e. The van der Waals surface area contributed by atoms with E-state index in [4.69, 9.17) is 12.2 Å². The molecule has 1 aromatic carbocycles. The van der Waals surface area contributed by atoms with Gasteiger partial charge in [-0.1, -0.05) is 30.3 Å². The van der Waals surface area contributed by atoms with Crippen molar-refractivity contribution in [1.82, 2.24) is 26.4 Å². The monoisotopic (exact) mass is 329 g/mol. The molecule has 2 rings (SSSR count). The third-order valence-corrected chi connectivity index (χ3v) is 2.90. The van der Waals surface area contributed by atoms with Crippen LogP contribution in [-0.4, -0.2) is 27.1 Å². The number of nitrogens with one attached hydrogen (secondary N) is 4. The largest absolute Gasteiger partial charge is 0.298 e. The van der Waals surface area contributed by atoms with E-state index in [9.17, 15) is 9.59 Å². The first-order chi connectivity index (χ1) is 11.0. The molecule has 0 aliphatic rings. The quantitative estimate of drug-likeness (QED) is 0.383. The Bertz CT molecular complexity index is 739. The van der Waals surface area contributed by atoms with Gasteiger partial charge in [0.15, 0.2) is 10.8 Å². The molecule has 1 heterocycles. The van der Waals surface area contributed by atoms with Gasteiger partial charge in [-0.3, -0.25) is 30.9 Å². The van der Waals surface area contributed by atoms with Gasteiger partial charge in [0, 0.05) is 11.8 Å². The number of thiocarbonyl (C=S) groups is 1. The van der Waals surface area contributed by atoms with Crippen LogP contribution in [0.3, 0.4) is 0 Å². The normalized spacial score (nSPS) is 10.3. The minimum atomic E-state index is -0.467. The molecule has 0 fully saturated rings. The van der Waals surface area contributed by atoms with Crippen LogP contribution in [-0.2, 0) is 4.79 Å². The molecule has 0 atom stereocenters. The highest BCUT2D eigenvalue weighted by atomic mass is 32.1. The zero-order chi connectivity index (χ0) is 16.7. The lowest BCUT2D eigenvalue weighted by atomic mass is 10.2. The van der Waals surface area contributed by atoms with Crippen molar-refractivity contribution < 1.29 is 9.59 Å². The van der Waals surface area contributed by atoms with Gasteiger partial charge < -0.3 is 0 Å². The number of aromatic nitrogens is 2. The van der Waals surface area contributed by atoms with Gasteiger partial charge in [0.1, 0.15) is 0 Å². The SMILES string of the molecule is Cc1cc(C(=O)NNC(=S)NC(=O)C=Cc2ccccc2)n[nH]1. The lowest BCUT2D eigenvalue weighted by Crippen LogP contribution is -2.48. The van der Waals surface area contributed by atoms with Crippen LogP contribution >= 0.6 is 12.2 Å². The van der Waals surface area contributed by atoms with Crippen molar-refractivity contribution >= 4 is 35.2 Å². The average Bonchev–Trinajstić information content (AvgIpc) is 2.98. The van der Waals surface area contributed by atoms with Gasteiger partial charge >= 0.3 is 0 Å². The van der Waals surface area contributed by atoms with Crippen molar-refractivity contribution in [2.45, 2.75) is 6.92 Å². The van der Waals surface area contributed by atoms with Crippen LogP contribution < -0.4 is 16.2 Å². The molecular weight excluding hydrogens is 314 g/mol. The fraction of sp³-hybridized carbons (Fsp3) is 0.0667. The maximum atomic E-state index is 11.7. The molecule has 2 aromatic rings. The van der Waals surface area contributed by atoms with Crippen LogP contribution in [0, 0.1) is 6.92 Å². The zero-order valence-electron chi connectivity index (χ0n) is 12.3. The van der Waals surface area contributed by atoms with E-state index in [-0.39, 0.29) is 10.8 Å². The third-order valence-electron chi connectivity index (χ3n) is 2.69. The summed E-state index contributed by atoms with van der Waals surface area (Å²) in [6.07, 6.45) is 3.01. The Labute approximate surface area is 138 Å². The molecule has 1 aromatic heterocycles. The summed E-state index contributed by atoms with van der Waals surface area (Å²) in [5, 5.41) is 8.84.